The quantitative estimate of drug-likeness (QED) is 0.375. The van der Waals surface area contributed by atoms with Crippen LogP contribution in [-0.4, -0.2) is 22.0 Å². The van der Waals surface area contributed by atoms with Crippen LogP contribution in [0.1, 0.15) is 29.7 Å². The Hall–Kier alpha value is -3.61. The lowest BCUT2D eigenvalue weighted by Crippen LogP contribution is -2.43. The van der Waals surface area contributed by atoms with E-state index in [1.807, 2.05) is 0 Å². The van der Waals surface area contributed by atoms with E-state index in [9.17, 15) is 35.9 Å². The Kier molecular flexibility index (Phi) is 7.42. The van der Waals surface area contributed by atoms with Gasteiger partial charge in [0.2, 0.25) is 5.91 Å². The fraction of sp³-hybridized carbons (Fsp3) is 0.292. The van der Waals surface area contributed by atoms with Gasteiger partial charge in [-0.15, -0.1) is 0 Å². The first-order valence-electron chi connectivity index (χ1n) is 11.0. The van der Waals surface area contributed by atoms with E-state index in [0.29, 0.717) is 29.7 Å². The van der Waals surface area contributed by atoms with Crippen molar-refractivity contribution in [2.75, 3.05) is 0 Å². The molecule has 14 heteroatoms. The first-order chi connectivity index (χ1) is 17.7. The molecule has 1 aliphatic rings. The third-order valence-electron chi connectivity index (χ3n) is 5.85. The van der Waals surface area contributed by atoms with Crippen molar-refractivity contribution in [2.45, 2.75) is 37.8 Å². The summed E-state index contributed by atoms with van der Waals surface area (Å²) in [5, 5.41) is 2.80. The van der Waals surface area contributed by atoms with Crippen molar-refractivity contribution in [2.24, 2.45) is 5.92 Å². The average Bonchev–Trinajstić information content (AvgIpc) is 2.79. The molecule has 2 aromatic carbocycles. The van der Waals surface area contributed by atoms with Gasteiger partial charge in [-0.25, -0.2) is 9.37 Å². The second-order valence-corrected chi connectivity index (χ2v) is 8.90. The number of rotatable bonds is 6. The smallest absolute Gasteiger partial charge is 0.433 e. The molecule has 0 bridgehead atoms. The van der Waals surface area contributed by atoms with Gasteiger partial charge in [0.1, 0.15) is 23.5 Å². The average molecular weight is 564 g/mol. The van der Waals surface area contributed by atoms with Crippen LogP contribution in [0.4, 0.5) is 30.7 Å². The van der Waals surface area contributed by atoms with Gasteiger partial charge in [0, 0.05) is 24.1 Å². The Balaban J connectivity index is 1.52. The van der Waals surface area contributed by atoms with Gasteiger partial charge in [-0.2, -0.15) is 26.3 Å². The fourth-order valence-corrected chi connectivity index (χ4v) is 4.05. The summed E-state index contributed by atoms with van der Waals surface area (Å²) in [7, 11) is 0. The Bertz CT molecular complexity index is 1420. The zero-order valence-corrected chi connectivity index (χ0v) is 19.8. The van der Waals surface area contributed by atoms with Crippen LogP contribution in [0.25, 0.3) is 11.4 Å². The summed E-state index contributed by atoms with van der Waals surface area (Å²) < 4.78 is 101. The molecule has 4 rings (SSSR count). The first-order valence-corrected chi connectivity index (χ1v) is 11.4. The standard InChI is InChI=1S/C24H17ClF7N3O3/c25-15-3-1-2-4-16(15)38-13-7-12(8-13)22(37)33-10-11-5-6-14(23(27,28)29)19(20(11)26)21-34-17(24(30,31)32)9-18(36)35-21/h1-6,9,12-13H,7-8,10H2,(H,33,37)(H,34,35,36)/t12-,13-. The van der Waals surface area contributed by atoms with E-state index in [4.69, 9.17) is 16.3 Å². The number of H-pyrrole nitrogens is 1. The number of hydrogen-bond acceptors (Lipinski definition) is 4. The topological polar surface area (TPSA) is 84.1 Å². The van der Waals surface area contributed by atoms with E-state index in [-0.39, 0.29) is 12.2 Å². The number of ether oxygens (including phenoxy) is 1. The van der Waals surface area contributed by atoms with Gasteiger partial charge in [-0.05, 0) is 31.0 Å². The molecule has 1 aromatic heterocycles. The third kappa shape index (κ3) is 5.93. The predicted molar refractivity (Wildman–Crippen MR) is 121 cm³/mol. The van der Waals surface area contributed by atoms with Crippen molar-refractivity contribution in [3.05, 3.63) is 80.5 Å². The fourth-order valence-electron chi connectivity index (χ4n) is 3.87. The predicted octanol–water partition coefficient (Wildman–Crippen LogP) is 5.74. The number of halogens is 8. The largest absolute Gasteiger partial charge is 0.489 e. The van der Waals surface area contributed by atoms with E-state index in [1.165, 1.54) is 0 Å². The summed E-state index contributed by atoms with van der Waals surface area (Å²) in [4.78, 5) is 28.9. The number of carbonyl (C=O) groups excluding carboxylic acids is 1. The highest BCUT2D eigenvalue weighted by Crippen LogP contribution is 2.39. The number of hydrogen-bond donors (Lipinski definition) is 2. The molecule has 38 heavy (non-hydrogen) atoms. The molecular formula is C24H17ClF7N3O3. The summed E-state index contributed by atoms with van der Waals surface area (Å²) in [6.45, 7) is -0.564. The molecule has 0 atom stereocenters. The molecule has 1 amide bonds. The summed E-state index contributed by atoms with van der Waals surface area (Å²) in [5.41, 5.74) is -6.69. The maximum Gasteiger partial charge on any atom is 0.433 e. The second-order valence-electron chi connectivity index (χ2n) is 8.49. The number of nitrogens with zero attached hydrogens (tertiary/aromatic N) is 1. The minimum absolute atomic E-state index is 0.0417. The third-order valence-corrected chi connectivity index (χ3v) is 6.16. The number of aromatic nitrogens is 2. The van der Waals surface area contributed by atoms with Crippen LogP contribution in [0.3, 0.4) is 0 Å². The van der Waals surface area contributed by atoms with Crippen molar-refractivity contribution in [3.8, 4) is 17.1 Å². The van der Waals surface area contributed by atoms with Crippen LogP contribution in [0.15, 0.2) is 47.3 Å². The highest BCUT2D eigenvalue weighted by molar-refractivity contribution is 6.32. The zero-order valence-electron chi connectivity index (χ0n) is 19.0. The van der Waals surface area contributed by atoms with Crippen LogP contribution >= 0.6 is 11.6 Å². The lowest BCUT2D eigenvalue weighted by Gasteiger charge is -2.34. The van der Waals surface area contributed by atoms with Crippen molar-refractivity contribution >= 4 is 17.5 Å². The SMILES string of the molecule is O=c1cc(C(F)(F)F)nc(-c2c(C(F)(F)F)ccc(CNC(=O)[C@H]3C[C@H](Oc4ccccc4Cl)C3)c2F)[nH]1. The normalized spacial score (nSPS) is 17.6. The highest BCUT2D eigenvalue weighted by atomic mass is 35.5. The Morgan fingerprint density at radius 1 is 1.08 bits per heavy atom. The Labute approximate surface area is 214 Å². The van der Waals surface area contributed by atoms with Crippen LogP contribution < -0.4 is 15.6 Å². The minimum Gasteiger partial charge on any atom is -0.489 e. The molecule has 1 heterocycles. The van der Waals surface area contributed by atoms with Gasteiger partial charge in [0.15, 0.2) is 5.69 Å². The van der Waals surface area contributed by atoms with Gasteiger partial charge >= 0.3 is 12.4 Å². The monoisotopic (exact) mass is 563 g/mol. The number of alkyl halides is 6. The van der Waals surface area contributed by atoms with Gasteiger partial charge in [-0.3, -0.25) is 9.59 Å². The molecule has 6 nitrogen and oxygen atoms in total. The van der Waals surface area contributed by atoms with E-state index in [1.54, 1.807) is 29.2 Å². The molecule has 3 aromatic rings. The van der Waals surface area contributed by atoms with Crippen LogP contribution in [0.2, 0.25) is 5.02 Å². The lowest BCUT2D eigenvalue weighted by molar-refractivity contribution is -0.141. The van der Waals surface area contributed by atoms with E-state index in [0.717, 1.165) is 6.07 Å². The van der Waals surface area contributed by atoms with Crippen molar-refractivity contribution in [1.82, 2.24) is 15.3 Å². The van der Waals surface area contributed by atoms with E-state index >= 15 is 4.39 Å². The molecule has 2 N–H and O–H groups in total. The zero-order chi connectivity index (χ0) is 27.8. The molecule has 202 valence electrons. The second kappa shape index (κ2) is 10.3. The maximum absolute atomic E-state index is 15.3. The number of benzene rings is 2. The maximum atomic E-state index is 15.3. The molecule has 0 saturated heterocycles. The summed E-state index contributed by atoms with van der Waals surface area (Å²) >= 11 is 6.03. The van der Waals surface area contributed by atoms with Crippen molar-refractivity contribution in [1.29, 1.82) is 0 Å². The van der Waals surface area contributed by atoms with Gasteiger partial charge in [0.05, 0.1) is 16.1 Å². The summed E-state index contributed by atoms with van der Waals surface area (Å²) in [5.74, 6) is -3.42. The van der Waals surface area contributed by atoms with Crippen molar-refractivity contribution < 1.29 is 40.3 Å². The van der Waals surface area contributed by atoms with Gasteiger partial charge < -0.3 is 15.0 Å². The lowest BCUT2D eigenvalue weighted by atomic mass is 9.81. The number of nitrogens with one attached hydrogen (secondary N) is 2. The molecule has 0 aliphatic heterocycles. The number of para-hydroxylation sites is 1. The molecule has 1 fully saturated rings. The number of amides is 1. The Morgan fingerprint density at radius 3 is 2.39 bits per heavy atom. The number of aromatic amines is 1. The Morgan fingerprint density at radius 2 is 1.76 bits per heavy atom. The van der Waals surface area contributed by atoms with Gasteiger partial charge in [0.25, 0.3) is 5.56 Å². The summed E-state index contributed by atoms with van der Waals surface area (Å²) in [6, 6.07) is 7.97. The molecule has 0 spiro atoms. The minimum atomic E-state index is -5.19. The van der Waals surface area contributed by atoms with Crippen molar-refractivity contribution in [3.63, 3.8) is 0 Å². The highest BCUT2D eigenvalue weighted by Gasteiger charge is 2.39. The molecule has 0 unspecified atom stereocenters. The number of carbonyl (C=O) groups is 1. The van der Waals surface area contributed by atoms with E-state index < -0.39 is 70.3 Å². The van der Waals surface area contributed by atoms with Crippen LogP contribution in [0.5, 0.6) is 5.75 Å². The molecule has 0 radical (unpaired) electrons. The van der Waals surface area contributed by atoms with E-state index in [2.05, 4.69) is 10.3 Å². The molecule has 1 saturated carbocycles. The van der Waals surface area contributed by atoms with Gasteiger partial charge in [-0.1, -0.05) is 29.8 Å². The van der Waals surface area contributed by atoms with Crippen LogP contribution in [-0.2, 0) is 23.7 Å². The van der Waals surface area contributed by atoms with Crippen LogP contribution in [0, 0.1) is 11.7 Å². The summed E-state index contributed by atoms with van der Waals surface area (Å²) in [6.07, 6.45) is -10.0. The molecular weight excluding hydrogens is 547 g/mol. The molecule has 1 aliphatic carbocycles. The first kappa shape index (κ1) is 27.4.